The molecular weight excluding hydrogens is 180 g/mol. The molecule has 0 aromatic heterocycles. The van der Waals surface area contributed by atoms with Crippen molar-refractivity contribution in [2.24, 2.45) is 11.7 Å². The first-order chi connectivity index (χ1) is 6.63. The minimum absolute atomic E-state index is 0.0858. The van der Waals surface area contributed by atoms with Gasteiger partial charge in [0.05, 0.1) is 6.04 Å². The van der Waals surface area contributed by atoms with Gasteiger partial charge < -0.3 is 16.2 Å². The van der Waals surface area contributed by atoms with Crippen LogP contribution in [-0.2, 0) is 4.79 Å². The Morgan fingerprint density at radius 1 is 1.50 bits per heavy atom. The lowest BCUT2D eigenvalue weighted by Crippen LogP contribution is -2.44. The molecule has 0 aromatic rings. The van der Waals surface area contributed by atoms with Crippen LogP contribution in [0.1, 0.15) is 33.1 Å². The minimum Gasteiger partial charge on any atom is -0.396 e. The number of rotatable bonds is 7. The smallest absolute Gasteiger partial charge is 0.237 e. The van der Waals surface area contributed by atoms with Crippen molar-refractivity contribution in [3.63, 3.8) is 0 Å². The van der Waals surface area contributed by atoms with E-state index in [0.717, 1.165) is 19.3 Å². The molecule has 0 aliphatic carbocycles. The Balaban J connectivity index is 3.62. The lowest BCUT2D eigenvalue weighted by molar-refractivity contribution is -0.123. The highest BCUT2D eigenvalue weighted by Crippen LogP contribution is 2.04. The molecule has 0 aliphatic rings. The van der Waals surface area contributed by atoms with Crippen LogP contribution in [0.4, 0.5) is 0 Å². The number of carbonyl (C=O) groups is 1. The Hall–Kier alpha value is -0.610. The van der Waals surface area contributed by atoms with Crippen molar-refractivity contribution in [3.8, 4) is 0 Å². The number of unbranched alkanes of at least 4 members (excludes halogenated alkanes) is 1. The summed E-state index contributed by atoms with van der Waals surface area (Å²) in [6, 6.07) is -0.408. The molecule has 0 heterocycles. The normalized spacial score (nSPS) is 14.9. The Kier molecular flexibility index (Phi) is 7.42. The van der Waals surface area contributed by atoms with E-state index in [4.69, 9.17) is 10.8 Å². The summed E-state index contributed by atoms with van der Waals surface area (Å²) in [6.45, 7) is 4.76. The molecule has 2 atom stereocenters. The van der Waals surface area contributed by atoms with E-state index in [1.54, 1.807) is 0 Å². The SMILES string of the molecule is CCC(C)[C@H](N)C(=O)NCCCCO. The predicted molar refractivity (Wildman–Crippen MR) is 56.8 cm³/mol. The summed E-state index contributed by atoms with van der Waals surface area (Å²) < 4.78 is 0. The van der Waals surface area contributed by atoms with Gasteiger partial charge in [0.2, 0.25) is 5.91 Å². The molecule has 84 valence electrons. The monoisotopic (exact) mass is 202 g/mol. The van der Waals surface area contributed by atoms with Crippen molar-refractivity contribution < 1.29 is 9.90 Å². The second kappa shape index (κ2) is 7.76. The quantitative estimate of drug-likeness (QED) is 0.518. The van der Waals surface area contributed by atoms with Crippen LogP contribution in [0.3, 0.4) is 0 Å². The third-order valence-electron chi connectivity index (χ3n) is 2.44. The molecule has 4 N–H and O–H groups in total. The van der Waals surface area contributed by atoms with Gasteiger partial charge in [-0.05, 0) is 18.8 Å². The average Bonchev–Trinajstić information content (AvgIpc) is 2.21. The molecular formula is C10H22N2O2. The van der Waals surface area contributed by atoms with Crippen molar-refractivity contribution in [3.05, 3.63) is 0 Å². The van der Waals surface area contributed by atoms with Gasteiger partial charge in [0.1, 0.15) is 0 Å². The lowest BCUT2D eigenvalue weighted by atomic mass is 9.99. The summed E-state index contributed by atoms with van der Waals surface area (Å²) in [7, 11) is 0. The van der Waals surface area contributed by atoms with Crippen molar-refractivity contribution >= 4 is 5.91 Å². The fourth-order valence-electron chi connectivity index (χ4n) is 1.08. The largest absolute Gasteiger partial charge is 0.396 e. The van der Waals surface area contributed by atoms with Crippen molar-refractivity contribution in [2.45, 2.75) is 39.2 Å². The Morgan fingerprint density at radius 2 is 2.14 bits per heavy atom. The molecule has 0 saturated heterocycles. The molecule has 1 unspecified atom stereocenters. The number of hydrogen-bond donors (Lipinski definition) is 3. The average molecular weight is 202 g/mol. The van der Waals surface area contributed by atoms with E-state index in [9.17, 15) is 4.79 Å². The van der Waals surface area contributed by atoms with Gasteiger partial charge in [-0.25, -0.2) is 0 Å². The molecule has 0 aromatic carbocycles. The summed E-state index contributed by atoms with van der Waals surface area (Å²) in [5.74, 6) is 0.130. The van der Waals surface area contributed by atoms with Gasteiger partial charge in [0.15, 0.2) is 0 Å². The third kappa shape index (κ3) is 5.19. The molecule has 1 amide bonds. The highest BCUT2D eigenvalue weighted by Gasteiger charge is 2.18. The first kappa shape index (κ1) is 13.4. The van der Waals surface area contributed by atoms with Crippen LogP contribution in [0.15, 0.2) is 0 Å². The standard InChI is InChI=1S/C10H22N2O2/c1-3-8(2)9(11)10(14)12-6-4-5-7-13/h8-9,13H,3-7,11H2,1-2H3,(H,12,14)/t8?,9-/m0/s1. The topological polar surface area (TPSA) is 75.4 Å². The lowest BCUT2D eigenvalue weighted by Gasteiger charge is -2.17. The summed E-state index contributed by atoms with van der Waals surface area (Å²) >= 11 is 0. The Morgan fingerprint density at radius 3 is 2.64 bits per heavy atom. The molecule has 0 bridgehead atoms. The van der Waals surface area contributed by atoms with Gasteiger partial charge >= 0.3 is 0 Å². The number of hydrogen-bond acceptors (Lipinski definition) is 3. The van der Waals surface area contributed by atoms with Crippen molar-refractivity contribution in [1.82, 2.24) is 5.32 Å². The minimum atomic E-state index is -0.408. The number of amides is 1. The third-order valence-corrected chi connectivity index (χ3v) is 2.44. The van der Waals surface area contributed by atoms with Gasteiger partial charge in [-0.1, -0.05) is 20.3 Å². The van der Waals surface area contributed by atoms with Gasteiger partial charge in [0.25, 0.3) is 0 Å². The molecule has 4 nitrogen and oxygen atoms in total. The first-order valence-corrected chi connectivity index (χ1v) is 5.27. The Labute approximate surface area is 85.9 Å². The van der Waals surface area contributed by atoms with Crippen molar-refractivity contribution in [2.75, 3.05) is 13.2 Å². The summed E-state index contributed by atoms with van der Waals surface area (Å²) in [5.41, 5.74) is 5.72. The van der Waals surface area contributed by atoms with E-state index in [1.807, 2.05) is 13.8 Å². The van der Waals surface area contributed by atoms with Crippen LogP contribution >= 0.6 is 0 Å². The summed E-state index contributed by atoms with van der Waals surface area (Å²) in [6.07, 6.45) is 2.43. The van der Waals surface area contributed by atoms with E-state index in [0.29, 0.717) is 6.54 Å². The molecule has 0 spiro atoms. The zero-order valence-corrected chi connectivity index (χ0v) is 9.12. The summed E-state index contributed by atoms with van der Waals surface area (Å²) in [5, 5.41) is 11.3. The van der Waals surface area contributed by atoms with Crippen LogP contribution in [0.25, 0.3) is 0 Å². The maximum atomic E-state index is 11.4. The number of nitrogens with one attached hydrogen (secondary N) is 1. The van der Waals surface area contributed by atoms with E-state index >= 15 is 0 Å². The number of carbonyl (C=O) groups excluding carboxylic acids is 1. The van der Waals surface area contributed by atoms with E-state index in [2.05, 4.69) is 5.32 Å². The fraction of sp³-hybridized carbons (Fsp3) is 0.900. The molecule has 0 aliphatic heterocycles. The van der Waals surface area contributed by atoms with Crippen LogP contribution in [-0.4, -0.2) is 30.2 Å². The number of aliphatic hydroxyl groups is 1. The van der Waals surface area contributed by atoms with Crippen molar-refractivity contribution in [1.29, 1.82) is 0 Å². The predicted octanol–water partition coefficient (Wildman–Crippen LogP) is 0.249. The van der Waals surface area contributed by atoms with E-state index in [1.165, 1.54) is 0 Å². The first-order valence-electron chi connectivity index (χ1n) is 5.27. The van der Waals surface area contributed by atoms with Crippen LogP contribution in [0, 0.1) is 5.92 Å². The molecule has 0 rings (SSSR count). The van der Waals surface area contributed by atoms with E-state index in [-0.39, 0.29) is 18.4 Å². The number of aliphatic hydroxyl groups excluding tert-OH is 1. The second-order valence-corrected chi connectivity index (χ2v) is 3.63. The highest BCUT2D eigenvalue weighted by molar-refractivity contribution is 5.81. The van der Waals surface area contributed by atoms with Crippen LogP contribution in [0.2, 0.25) is 0 Å². The molecule has 0 radical (unpaired) electrons. The maximum Gasteiger partial charge on any atom is 0.237 e. The fourth-order valence-corrected chi connectivity index (χ4v) is 1.08. The van der Waals surface area contributed by atoms with Gasteiger partial charge in [-0.2, -0.15) is 0 Å². The zero-order valence-electron chi connectivity index (χ0n) is 9.12. The zero-order chi connectivity index (χ0) is 11.0. The summed E-state index contributed by atoms with van der Waals surface area (Å²) in [4.78, 5) is 11.4. The Bertz CT molecular complexity index is 162. The van der Waals surface area contributed by atoms with Crippen LogP contribution < -0.4 is 11.1 Å². The molecule has 0 saturated carbocycles. The van der Waals surface area contributed by atoms with Crippen LogP contribution in [0.5, 0.6) is 0 Å². The maximum absolute atomic E-state index is 11.4. The molecule has 0 fully saturated rings. The second-order valence-electron chi connectivity index (χ2n) is 3.63. The highest BCUT2D eigenvalue weighted by atomic mass is 16.2. The van der Waals surface area contributed by atoms with E-state index < -0.39 is 6.04 Å². The number of nitrogens with two attached hydrogens (primary N) is 1. The van der Waals surface area contributed by atoms with Gasteiger partial charge in [0, 0.05) is 13.2 Å². The van der Waals surface area contributed by atoms with Gasteiger partial charge in [-0.3, -0.25) is 4.79 Å². The van der Waals surface area contributed by atoms with Gasteiger partial charge in [-0.15, -0.1) is 0 Å². The molecule has 4 heteroatoms. The molecule has 14 heavy (non-hydrogen) atoms.